The highest BCUT2D eigenvalue weighted by atomic mass is 32.2. The molecular formula is C23H36N4O7S. The number of likely N-dealkylation sites (N-methyl/N-ethyl adjacent to an activating group) is 1. The van der Waals surface area contributed by atoms with Gasteiger partial charge in [-0.3, -0.25) is 14.4 Å². The zero-order chi connectivity index (χ0) is 25.8. The fourth-order valence-electron chi connectivity index (χ4n) is 4.62. The summed E-state index contributed by atoms with van der Waals surface area (Å²) in [4.78, 5) is 51.2. The number of unbranched alkanes of at least 4 members (excludes halogenated alkanes) is 3. The van der Waals surface area contributed by atoms with E-state index >= 15 is 0 Å². The van der Waals surface area contributed by atoms with Crippen LogP contribution >= 0.6 is 0 Å². The van der Waals surface area contributed by atoms with Gasteiger partial charge in [0.15, 0.2) is 0 Å². The molecule has 0 aromatic rings. The standard InChI is InChI=1S/C23H36N4O7S/c1-3-4-5-6-7-9-16-14-23(16,21(30)26(2)35(33,34)17-11-12-17)25-20(29)18-10-8-13-27(18)19(28)15-24-22(31)32/h7,9,16-18,24H,3-6,8,10-15H2,1-2H3,(H,25,29)(H,31,32)/b9-7-/t16-,18+,23-/m1/s1. The second-order valence-electron chi connectivity index (χ2n) is 9.62. The molecule has 3 aliphatic rings. The van der Waals surface area contributed by atoms with Crippen molar-refractivity contribution in [3.05, 3.63) is 12.2 Å². The van der Waals surface area contributed by atoms with E-state index in [-0.39, 0.29) is 12.3 Å². The number of carbonyl (C=O) groups excluding carboxylic acids is 3. The van der Waals surface area contributed by atoms with Gasteiger partial charge in [0.05, 0.1) is 5.25 Å². The van der Waals surface area contributed by atoms with Crippen LogP contribution in [0, 0.1) is 5.92 Å². The predicted octanol–water partition coefficient (Wildman–Crippen LogP) is 1.21. The molecule has 3 N–H and O–H groups in total. The Morgan fingerprint density at radius 1 is 1.17 bits per heavy atom. The van der Waals surface area contributed by atoms with Crippen molar-refractivity contribution in [3.63, 3.8) is 0 Å². The number of hydrogen-bond acceptors (Lipinski definition) is 6. The number of carboxylic acid groups (broad SMARTS) is 1. The Morgan fingerprint density at radius 2 is 1.89 bits per heavy atom. The number of nitrogens with zero attached hydrogens (tertiary/aromatic N) is 2. The van der Waals surface area contributed by atoms with Gasteiger partial charge < -0.3 is 20.6 Å². The van der Waals surface area contributed by atoms with Gasteiger partial charge in [-0.2, -0.15) is 0 Å². The number of carbonyl (C=O) groups is 4. The molecule has 3 atom stereocenters. The van der Waals surface area contributed by atoms with Crippen LogP contribution in [0.3, 0.4) is 0 Å². The summed E-state index contributed by atoms with van der Waals surface area (Å²) in [7, 11) is -2.54. The largest absolute Gasteiger partial charge is 0.465 e. The van der Waals surface area contributed by atoms with E-state index < -0.39 is 57.2 Å². The Labute approximate surface area is 206 Å². The van der Waals surface area contributed by atoms with E-state index in [1.54, 1.807) is 0 Å². The zero-order valence-electron chi connectivity index (χ0n) is 20.4. The van der Waals surface area contributed by atoms with E-state index in [9.17, 15) is 27.6 Å². The Kier molecular flexibility index (Phi) is 8.45. The molecule has 0 aromatic carbocycles. The van der Waals surface area contributed by atoms with Gasteiger partial charge >= 0.3 is 6.09 Å². The first-order chi connectivity index (χ1) is 16.5. The molecule has 4 amide bonds. The number of amides is 4. The molecule has 2 saturated carbocycles. The van der Waals surface area contributed by atoms with Crippen LogP contribution in [-0.2, 0) is 24.4 Å². The quantitative estimate of drug-likeness (QED) is 0.262. The number of allylic oxidation sites excluding steroid dienone is 1. The van der Waals surface area contributed by atoms with Gasteiger partial charge in [0.25, 0.3) is 5.91 Å². The maximum Gasteiger partial charge on any atom is 0.405 e. The molecule has 1 heterocycles. The van der Waals surface area contributed by atoms with Crippen LogP contribution in [0.5, 0.6) is 0 Å². The maximum atomic E-state index is 13.4. The van der Waals surface area contributed by atoms with Crippen molar-refractivity contribution >= 4 is 33.8 Å². The minimum atomic E-state index is -3.78. The average molecular weight is 513 g/mol. The van der Waals surface area contributed by atoms with Crippen LogP contribution in [0.25, 0.3) is 0 Å². The summed E-state index contributed by atoms with van der Waals surface area (Å²) >= 11 is 0. The van der Waals surface area contributed by atoms with Crippen molar-refractivity contribution in [1.82, 2.24) is 19.8 Å². The number of nitrogens with one attached hydrogen (secondary N) is 2. The lowest BCUT2D eigenvalue weighted by molar-refractivity contribution is -0.140. The van der Waals surface area contributed by atoms with Crippen molar-refractivity contribution in [2.75, 3.05) is 20.1 Å². The Balaban J connectivity index is 1.74. The van der Waals surface area contributed by atoms with Gasteiger partial charge in [-0.1, -0.05) is 31.9 Å². The number of sulfonamides is 1. The van der Waals surface area contributed by atoms with E-state index in [4.69, 9.17) is 5.11 Å². The van der Waals surface area contributed by atoms with Gasteiger partial charge in [0.2, 0.25) is 21.8 Å². The minimum Gasteiger partial charge on any atom is -0.465 e. The molecule has 35 heavy (non-hydrogen) atoms. The third-order valence-electron chi connectivity index (χ3n) is 6.97. The molecule has 1 saturated heterocycles. The number of rotatable bonds is 12. The fourth-order valence-corrected chi connectivity index (χ4v) is 6.19. The molecule has 1 aliphatic heterocycles. The lowest BCUT2D eigenvalue weighted by Gasteiger charge is -2.29. The zero-order valence-corrected chi connectivity index (χ0v) is 21.2. The molecule has 196 valence electrons. The molecule has 0 spiro atoms. The first-order valence-electron chi connectivity index (χ1n) is 12.3. The molecule has 0 unspecified atom stereocenters. The van der Waals surface area contributed by atoms with E-state index in [1.165, 1.54) is 11.9 Å². The van der Waals surface area contributed by atoms with Crippen molar-refractivity contribution in [1.29, 1.82) is 0 Å². The molecule has 12 heteroatoms. The molecule has 0 bridgehead atoms. The van der Waals surface area contributed by atoms with Crippen LogP contribution in [-0.4, -0.2) is 83.5 Å². The van der Waals surface area contributed by atoms with Crippen LogP contribution < -0.4 is 10.6 Å². The highest BCUT2D eigenvalue weighted by Crippen LogP contribution is 2.47. The number of likely N-dealkylation sites (tertiary alicyclic amines) is 1. The van der Waals surface area contributed by atoms with Crippen LogP contribution in [0.15, 0.2) is 12.2 Å². The van der Waals surface area contributed by atoms with Crippen LogP contribution in [0.1, 0.15) is 64.7 Å². The summed E-state index contributed by atoms with van der Waals surface area (Å²) < 4.78 is 26.2. The summed E-state index contributed by atoms with van der Waals surface area (Å²) in [5.41, 5.74) is -1.37. The topological polar surface area (TPSA) is 153 Å². The highest BCUT2D eigenvalue weighted by Gasteiger charge is 2.63. The van der Waals surface area contributed by atoms with Gasteiger partial charge in [0, 0.05) is 19.5 Å². The van der Waals surface area contributed by atoms with E-state index in [0.717, 1.165) is 30.0 Å². The van der Waals surface area contributed by atoms with E-state index in [0.29, 0.717) is 32.2 Å². The van der Waals surface area contributed by atoms with Crippen molar-refractivity contribution in [2.24, 2.45) is 5.92 Å². The van der Waals surface area contributed by atoms with Gasteiger partial charge in [-0.15, -0.1) is 0 Å². The third-order valence-corrected chi connectivity index (χ3v) is 9.21. The van der Waals surface area contributed by atoms with Crippen molar-refractivity contribution in [3.8, 4) is 0 Å². The summed E-state index contributed by atoms with van der Waals surface area (Å²) in [5, 5.41) is 13.0. The van der Waals surface area contributed by atoms with Crippen molar-refractivity contribution in [2.45, 2.75) is 81.5 Å². The third kappa shape index (κ3) is 6.14. The first kappa shape index (κ1) is 27.0. The second-order valence-corrected chi connectivity index (χ2v) is 11.9. The average Bonchev–Trinajstić information content (AvgIpc) is 3.73. The van der Waals surface area contributed by atoms with Crippen LogP contribution in [0.2, 0.25) is 0 Å². The Morgan fingerprint density at radius 3 is 2.51 bits per heavy atom. The minimum absolute atomic E-state index is 0.285. The Hall–Kier alpha value is -2.63. The molecule has 0 aromatic heterocycles. The fraction of sp³-hybridized carbons (Fsp3) is 0.739. The molecule has 3 fully saturated rings. The van der Waals surface area contributed by atoms with Gasteiger partial charge in [-0.25, -0.2) is 17.5 Å². The Bertz CT molecular complexity index is 978. The molecular weight excluding hydrogens is 476 g/mol. The molecule has 11 nitrogen and oxygen atoms in total. The lowest BCUT2D eigenvalue weighted by atomic mass is 10.1. The van der Waals surface area contributed by atoms with E-state index in [1.807, 2.05) is 17.5 Å². The van der Waals surface area contributed by atoms with Gasteiger partial charge in [-0.05, 0) is 44.9 Å². The SMILES string of the molecule is CCCCC/C=C\[C@@H]1C[C@]1(NC(=O)[C@@H]1CCCN1C(=O)CNC(=O)O)C(=O)N(C)S(=O)(=O)C1CC1. The number of hydrogen-bond donors (Lipinski definition) is 3. The normalized spacial score (nSPS) is 25.9. The first-order valence-corrected chi connectivity index (χ1v) is 13.8. The summed E-state index contributed by atoms with van der Waals surface area (Å²) in [6.45, 7) is 1.96. The summed E-state index contributed by atoms with van der Waals surface area (Å²) in [5.74, 6) is -2.05. The monoisotopic (exact) mass is 512 g/mol. The molecule has 0 radical (unpaired) electrons. The summed E-state index contributed by atoms with van der Waals surface area (Å²) in [6.07, 6.45) is 8.78. The van der Waals surface area contributed by atoms with Crippen LogP contribution in [0.4, 0.5) is 4.79 Å². The van der Waals surface area contributed by atoms with Crippen molar-refractivity contribution < 1.29 is 32.7 Å². The molecule has 3 rings (SSSR count). The highest BCUT2D eigenvalue weighted by molar-refractivity contribution is 7.90. The smallest absolute Gasteiger partial charge is 0.405 e. The van der Waals surface area contributed by atoms with Gasteiger partial charge in [0.1, 0.15) is 18.1 Å². The second kappa shape index (κ2) is 11.0. The lowest BCUT2D eigenvalue weighted by Crippen LogP contribution is -2.57. The van der Waals surface area contributed by atoms with E-state index in [2.05, 4.69) is 12.2 Å². The predicted molar refractivity (Wildman–Crippen MR) is 128 cm³/mol. The summed E-state index contributed by atoms with van der Waals surface area (Å²) in [6, 6.07) is -0.845. The maximum absolute atomic E-state index is 13.4. The molecule has 2 aliphatic carbocycles.